The minimum atomic E-state index is -3.88. The quantitative estimate of drug-likeness (QED) is 0.0831. The normalized spacial score (nSPS) is 17.6. The molecule has 7 N–H and O–H groups in total. The number of amides is 2. The molecular formula is C36H47ClN4O10S. The number of aliphatic hydroxyl groups excluding tert-OH is 5. The average Bonchev–Trinajstić information content (AvgIpc) is 4.10. The Kier molecular flexibility index (Phi) is 13.5. The van der Waals surface area contributed by atoms with Gasteiger partial charge in [0.25, 0.3) is 0 Å². The van der Waals surface area contributed by atoms with Gasteiger partial charge in [0.1, 0.15) is 24.1 Å². The molecule has 14 nitrogen and oxygen atoms in total. The number of aliphatic hydroxyl groups is 5. The van der Waals surface area contributed by atoms with E-state index in [4.69, 9.17) is 26.2 Å². The standard InChI is InChI=1S/C36H47ClN4O10S/c1-41(17-5-4-15-39-35(47)40-20-30(43)33(45)34(46)31(44)21-42)52(48,49)25-10-11-29(37)23(18-25)22-50-36(13-14-36)28-19-38-16-12-26(28)27-6-2-3-7-32(27)51-24-8-9-24/h2-3,6-7,10-12,16,18-19,24,30-31,33-34,42-46H,4-5,8-9,13-15,17,20-22H2,1H3,(H2,39,40,47)/t30-,31+,33+,34+/m1/s1. The lowest BCUT2D eigenvalue weighted by atomic mass is 9.96. The first kappa shape index (κ1) is 39.8. The number of benzene rings is 2. The number of carbonyl (C=O) groups excluding carboxylic acids is 1. The Labute approximate surface area is 308 Å². The third kappa shape index (κ3) is 9.98. The van der Waals surface area contributed by atoms with Crippen molar-refractivity contribution in [1.82, 2.24) is 19.9 Å². The first-order valence-electron chi connectivity index (χ1n) is 17.3. The van der Waals surface area contributed by atoms with Crippen molar-refractivity contribution in [1.29, 1.82) is 0 Å². The van der Waals surface area contributed by atoms with E-state index in [9.17, 15) is 33.6 Å². The summed E-state index contributed by atoms with van der Waals surface area (Å²) in [5, 5.41) is 53.0. The minimum Gasteiger partial charge on any atom is -0.490 e. The zero-order valence-electron chi connectivity index (χ0n) is 28.9. The van der Waals surface area contributed by atoms with E-state index < -0.39 is 59.2 Å². The summed E-state index contributed by atoms with van der Waals surface area (Å²) in [6.45, 7) is -0.767. The van der Waals surface area contributed by atoms with Crippen LogP contribution >= 0.6 is 11.6 Å². The summed E-state index contributed by atoms with van der Waals surface area (Å²) >= 11 is 6.54. The molecule has 2 saturated carbocycles. The number of pyridine rings is 1. The van der Waals surface area contributed by atoms with Crippen molar-refractivity contribution in [3.05, 3.63) is 77.1 Å². The third-order valence-electron chi connectivity index (χ3n) is 9.22. The number of nitrogens with zero attached hydrogens (tertiary/aromatic N) is 2. The van der Waals surface area contributed by atoms with Gasteiger partial charge in [-0.3, -0.25) is 4.98 Å². The second kappa shape index (κ2) is 17.6. The highest BCUT2D eigenvalue weighted by molar-refractivity contribution is 7.89. The summed E-state index contributed by atoms with van der Waals surface area (Å²) in [5.41, 5.74) is 2.84. The van der Waals surface area contributed by atoms with Crippen molar-refractivity contribution in [3.63, 3.8) is 0 Å². The van der Waals surface area contributed by atoms with Crippen LogP contribution in [0.1, 0.15) is 49.7 Å². The van der Waals surface area contributed by atoms with Crippen molar-refractivity contribution in [2.45, 2.75) is 86.1 Å². The number of nitrogens with one attached hydrogen (secondary N) is 2. The molecule has 2 amide bonds. The molecule has 0 aliphatic heterocycles. The van der Waals surface area contributed by atoms with E-state index in [-0.39, 0.29) is 30.7 Å². The molecule has 0 spiro atoms. The maximum Gasteiger partial charge on any atom is 0.314 e. The molecule has 2 aromatic carbocycles. The van der Waals surface area contributed by atoms with Crippen molar-refractivity contribution in [2.24, 2.45) is 0 Å². The van der Waals surface area contributed by atoms with E-state index in [1.54, 1.807) is 12.3 Å². The minimum absolute atomic E-state index is 0.0749. The zero-order chi connectivity index (χ0) is 37.5. The lowest BCUT2D eigenvalue weighted by molar-refractivity contribution is -0.113. The molecule has 0 unspecified atom stereocenters. The van der Waals surface area contributed by atoms with Crippen LogP contribution in [-0.4, -0.2) is 113 Å². The number of para-hydroxylation sites is 1. The van der Waals surface area contributed by atoms with Gasteiger partial charge in [0.15, 0.2) is 0 Å². The highest BCUT2D eigenvalue weighted by atomic mass is 35.5. The van der Waals surface area contributed by atoms with Crippen LogP contribution < -0.4 is 15.4 Å². The van der Waals surface area contributed by atoms with E-state index in [1.165, 1.54) is 23.5 Å². The molecule has 0 radical (unpaired) electrons. The fourth-order valence-electron chi connectivity index (χ4n) is 5.70. The summed E-state index contributed by atoms with van der Waals surface area (Å²) in [5.74, 6) is 0.824. The van der Waals surface area contributed by atoms with Crippen molar-refractivity contribution in [3.8, 4) is 16.9 Å². The zero-order valence-corrected chi connectivity index (χ0v) is 30.5. The summed E-state index contributed by atoms with van der Waals surface area (Å²) in [7, 11) is -2.40. The molecule has 16 heteroatoms. The Morgan fingerprint density at radius 2 is 1.75 bits per heavy atom. The van der Waals surface area contributed by atoms with Crippen molar-refractivity contribution < 1.29 is 48.2 Å². The fraction of sp³-hybridized carbons (Fsp3) is 0.500. The molecule has 1 heterocycles. The first-order valence-corrected chi connectivity index (χ1v) is 19.1. The van der Waals surface area contributed by atoms with Gasteiger partial charge in [-0.05, 0) is 80.0 Å². The van der Waals surface area contributed by atoms with Gasteiger partial charge in [0.05, 0.1) is 35.9 Å². The van der Waals surface area contributed by atoms with Gasteiger partial charge < -0.3 is 45.6 Å². The second-order valence-electron chi connectivity index (χ2n) is 13.2. The number of aromatic nitrogens is 1. The molecule has 52 heavy (non-hydrogen) atoms. The Morgan fingerprint density at radius 3 is 2.46 bits per heavy atom. The Hall–Kier alpha value is -3.38. The largest absolute Gasteiger partial charge is 0.490 e. The molecule has 2 aliphatic rings. The predicted octanol–water partition coefficient (Wildman–Crippen LogP) is 2.28. The smallest absolute Gasteiger partial charge is 0.314 e. The number of halogens is 1. The number of ether oxygens (including phenoxy) is 2. The Morgan fingerprint density at radius 1 is 1.02 bits per heavy atom. The molecule has 4 atom stereocenters. The summed E-state index contributed by atoms with van der Waals surface area (Å²) in [4.78, 5) is 16.5. The summed E-state index contributed by atoms with van der Waals surface area (Å²) in [6.07, 6.45) is 1.50. The lowest BCUT2D eigenvalue weighted by Gasteiger charge is -2.25. The molecule has 5 rings (SSSR count). The van der Waals surface area contributed by atoms with Crippen molar-refractivity contribution in [2.75, 3.05) is 33.3 Å². The second-order valence-corrected chi connectivity index (χ2v) is 15.7. The van der Waals surface area contributed by atoms with Crippen LogP contribution in [-0.2, 0) is 27.0 Å². The molecule has 2 fully saturated rings. The van der Waals surface area contributed by atoms with E-state index in [0.29, 0.717) is 23.4 Å². The van der Waals surface area contributed by atoms with Crippen LogP contribution in [0.5, 0.6) is 5.75 Å². The van der Waals surface area contributed by atoms with E-state index in [0.717, 1.165) is 48.1 Å². The topological polar surface area (TPSA) is 211 Å². The maximum atomic E-state index is 13.5. The van der Waals surface area contributed by atoms with Crippen LogP contribution in [0.4, 0.5) is 4.79 Å². The third-order valence-corrected chi connectivity index (χ3v) is 11.4. The van der Waals surface area contributed by atoms with E-state index in [1.807, 2.05) is 36.5 Å². The van der Waals surface area contributed by atoms with Gasteiger partial charge in [0.2, 0.25) is 10.0 Å². The van der Waals surface area contributed by atoms with E-state index >= 15 is 0 Å². The van der Waals surface area contributed by atoms with Gasteiger partial charge in [-0.15, -0.1) is 0 Å². The van der Waals surface area contributed by atoms with Crippen LogP contribution in [0.3, 0.4) is 0 Å². The lowest BCUT2D eigenvalue weighted by Crippen LogP contribution is -2.50. The molecular weight excluding hydrogens is 716 g/mol. The number of hydrogen-bond acceptors (Lipinski definition) is 11. The number of unbranched alkanes of at least 4 members (excludes halogenated alkanes) is 1. The van der Waals surface area contributed by atoms with Crippen LogP contribution in [0.15, 0.2) is 65.8 Å². The number of sulfonamides is 1. The van der Waals surface area contributed by atoms with Gasteiger partial charge in [-0.1, -0.05) is 29.8 Å². The summed E-state index contributed by atoms with van der Waals surface area (Å²) < 4.78 is 40.9. The number of urea groups is 1. The fourth-order valence-corrected chi connectivity index (χ4v) is 7.13. The highest BCUT2D eigenvalue weighted by Crippen LogP contribution is 2.53. The number of hydrogen-bond donors (Lipinski definition) is 7. The molecule has 1 aromatic heterocycles. The molecule has 2 aliphatic carbocycles. The first-order chi connectivity index (χ1) is 24.9. The molecule has 0 saturated heterocycles. The summed E-state index contributed by atoms with van der Waals surface area (Å²) in [6, 6.07) is 13.8. The predicted molar refractivity (Wildman–Crippen MR) is 192 cm³/mol. The van der Waals surface area contributed by atoms with Crippen LogP contribution in [0, 0.1) is 0 Å². The van der Waals surface area contributed by atoms with Gasteiger partial charge >= 0.3 is 6.03 Å². The number of rotatable bonds is 20. The van der Waals surface area contributed by atoms with Crippen molar-refractivity contribution >= 4 is 27.7 Å². The van der Waals surface area contributed by atoms with Crippen LogP contribution in [0.25, 0.3) is 11.1 Å². The average molecular weight is 763 g/mol. The Bertz CT molecular complexity index is 1780. The molecule has 0 bridgehead atoms. The Balaban J connectivity index is 1.12. The monoisotopic (exact) mass is 762 g/mol. The number of carbonyl (C=O) groups is 1. The van der Waals surface area contributed by atoms with Gasteiger partial charge in [0, 0.05) is 55.2 Å². The molecule has 284 valence electrons. The van der Waals surface area contributed by atoms with Gasteiger partial charge in [-0.2, -0.15) is 0 Å². The van der Waals surface area contributed by atoms with Gasteiger partial charge in [-0.25, -0.2) is 17.5 Å². The SMILES string of the molecule is CN(CCCCNC(=O)NC[C@@H](O)[C@H](O)[C@@H](O)[C@@H](O)CO)S(=O)(=O)c1ccc(Cl)c(COC2(c3cnccc3-c3ccccc3OC3CC3)CC2)c1. The van der Waals surface area contributed by atoms with E-state index in [2.05, 4.69) is 15.6 Å². The molecule has 3 aromatic rings. The highest BCUT2D eigenvalue weighted by Gasteiger charge is 2.48. The van der Waals surface area contributed by atoms with Crippen LogP contribution in [0.2, 0.25) is 5.02 Å². The maximum absolute atomic E-state index is 13.5.